The van der Waals surface area contributed by atoms with E-state index in [0.717, 1.165) is 4.31 Å². The Labute approximate surface area is 165 Å². The van der Waals surface area contributed by atoms with Crippen molar-refractivity contribution in [3.63, 3.8) is 0 Å². The summed E-state index contributed by atoms with van der Waals surface area (Å²) in [6, 6.07) is 10.2. The Morgan fingerprint density at radius 1 is 0.929 bits per heavy atom. The molecule has 0 bridgehead atoms. The Kier molecular flexibility index (Phi) is 7.11. The molecule has 0 saturated heterocycles. The van der Waals surface area contributed by atoms with Gasteiger partial charge in [-0.15, -0.1) is 0 Å². The van der Waals surface area contributed by atoms with Crippen LogP contribution >= 0.6 is 0 Å². The molecule has 0 heterocycles. The highest BCUT2D eigenvalue weighted by Crippen LogP contribution is 2.34. The summed E-state index contributed by atoms with van der Waals surface area (Å²) in [4.78, 5) is 0. The molecule has 0 fully saturated rings. The predicted octanol–water partition coefficient (Wildman–Crippen LogP) is 2.72. The van der Waals surface area contributed by atoms with Crippen molar-refractivity contribution in [2.24, 2.45) is 4.40 Å². The zero-order chi connectivity index (χ0) is 20.7. The Balaban J connectivity index is 2.28. The van der Waals surface area contributed by atoms with E-state index in [2.05, 4.69) is 4.40 Å². The molecule has 0 amide bonds. The molecule has 2 aromatic carbocycles. The summed E-state index contributed by atoms with van der Waals surface area (Å²) in [5, 5.41) is 0. The van der Waals surface area contributed by atoms with E-state index in [4.69, 9.17) is 18.9 Å². The fourth-order valence-electron chi connectivity index (χ4n) is 2.59. The number of hydrogen-bond donors (Lipinski definition) is 0. The van der Waals surface area contributed by atoms with Crippen LogP contribution < -0.4 is 23.3 Å². The maximum absolute atomic E-state index is 12.6. The average Bonchev–Trinajstić information content (AvgIpc) is 2.72. The van der Waals surface area contributed by atoms with E-state index >= 15 is 0 Å². The standard InChI is InChI=1S/C19H24N2O6S/c1-21(16-8-6-7-9-17(16)25-3)28(22,23)20-11-10-15-18(26-4)12-14(24-2)13-19(15)27-5/h6-9,11-13H,10H2,1-5H3. The van der Waals surface area contributed by atoms with Gasteiger partial charge < -0.3 is 18.9 Å². The summed E-state index contributed by atoms with van der Waals surface area (Å²) >= 11 is 0. The number of rotatable bonds is 9. The molecule has 0 atom stereocenters. The largest absolute Gasteiger partial charge is 0.496 e. The van der Waals surface area contributed by atoms with Crippen LogP contribution in [0.4, 0.5) is 5.69 Å². The molecule has 0 saturated carbocycles. The molecule has 152 valence electrons. The third-order valence-electron chi connectivity index (χ3n) is 4.09. The van der Waals surface area contributed by atoms with Crippen molar-refractivity contribution in [1.29, 1.82) is 0 Å². The minimum Gasteiger partial charge on any atom is -0.496 e. The molecular formula is C19H24N2O6S. The van der Waals surface area contributed by atoms with Crippen LogP contribution in [0.2, 0.25) is 0 Å². The van der Waals surface area contributed by atoms with E-state index in [1.54, 1.807) is 36.4 Å². The molecule has 0 unspecified atom stereocenters. The van der Waals surface area contributed by atoms with E-state index in [9.17, 15) is 8.42 Å². The summed E-state index contributed by atoms with van der Waals surface area (Å²) in [7, 11) is 3.51. The van der Waals surface area contributed by atoms with Gasteiger partial charge in [-0.1, -0.05) is 12.1 Å². The van der Waals surface area contributed by atoms with Crippen LogP contribution in [0, 0.1) is 0 Å². The number of methoxy groups -OCH3 is 4. The van der Waals surface area contributed by atoms with E-state index in [1.807, 2.05) is 0 Å². The SMILES string of the molecule is COc1cc(OC)c(CC=NS(=O)(=O)N(C)c2ccccc2OC)c(OC)c1. The van der Waals surface area contributed by atoms with Crippen molar-refractivity contribution in [2.45, 2.75) is 6.42 Å². The van der Waals surface area contributed by atoms with Gasteiger partial charge in [0.25, 0.3) is 0 Å². The van der Waals surface area contributed by atoms with Crippen LogP contribution in [-0.4, -0.2) is 50.1 Å². The Hall–Kier alpha value is -2.94. The van der Waals surface area contributed by atoms with Crippen LogP contribution in [0.15, 0.2) is 40.8 Å². The van der Waals surface area contributed by atoms with Gasteiger partial charge in [0.15, 0.2) is 0 Å². The molecule has 0 aromatic heterocycles. The lowest BCUT2D eigenvalue weighted by atomic mass is 10.1. The number of benzene rings is 2. The molecule has 0 radical (unpaired) electrons. The van der Waals surface area contributed by atoms with Gasteiger partial charge in [0, 0.05) is 37.4 Å². The first-order chi connectivity index (χ1) is 13.4. The highest BCUT2D eigenvalue weighted by atomic mass is 32.2. The topological polar surface area (TPSA) is 86.7 Å². The fraction of sp³-hybridized carbons (Fsp3) is 0.316. The van der Waals surface area contributed by atoms with Crippen LogP contribution in [0.25, 0.3) is 0 Å². The number of ether oxygens (including phenoxy) is 4. The molecule has 0 N–H and O–H groups in total. The fourth-order valence-corrected chi connectivity index (χ4v) is 3.39. The highest BCUT2D eigenvalue weighted by molar-refractivity contribution is 7.91. The Morgan fingerprint density at radius 2 is 1.50 bits per heavy atom. The summed E-state index contributed by atoms with van der Waals surface area (Å²) in [5.41, 5.74) is 1.05. The molecule has 2 aromatic rings. The zero-order valence-electron chi connectivity index (χ0n) is 16.5. The number of nitrogens with zero attached hydrogens (tertiary/aromatic N) is 2. The maximum atomic E-state index is 12.6. The van der Waals surface area contributed by atoms with Crippen molar-refractivity contribution >= 4 is 22.1 Å². The number of hydrogen-bond acceptors (Lipinski definition) is 6. The second-order valence-electron chi connectivity index (χ2n) is 5.62. The van der Waals surface area contributed by atoms with E-state index < -0.39 is 10.2 Å². The highest BCUT2D eigenvalue weighted by Gasteiger charge is 2.20. The van der Waals surface area contributed by atoms with Crippen LogP contribution in [0.3, 0.4) is 0 Å². The lowest BCUT2D eigenvalue weighted by Gasteiger charge is -2.18. The summed E-state index contributed by atoms with van der Waals surface area (Å²) in [5.74, 6) is 2.02. The molecule has 2 rings (SSSR count). The minimum atomic E-state index is -3.95. The first kappa shape index (κ1) is 21.4. The van der Waals surface area contributed by atoms with Gasteiger partial charge in [-0.3, -0.25) is 4.31 Å². The monoisotopic (exact) mass is 408 g/mol. The molecule has 0 spiro atoms. The zero-order valence-corrected chi connectivity index (χ0v) is 17.3. The van der Waals surface area contributed by atoms with Crippen molar-refractivity contribution in [1.82, 2.24) is 0 Å². The summed E-state index contributed by atoms with van der Waals surface area (Å²) in [6.07, 6.45) is 1.49. The predicted molar refractivity (Wildman–Crippen MR) is 109 cm³/mol. The second kappa shape index (κ2) is 9.32. The normalized spacial score (nSPS) is 11.3. The lowest BCUT2D eigenvalue weighted by Crippen LogP contribution is -2.25. The Morgan fingerprint density at radius 3 is 2.04 bits per heavy atom. The number of para-hydroxylation sites is 2. The molecule has 0 aliphatic carbocycles. The summed E-state index contributed by atoms with van der Waals surface area (Å²) < 4.78 is 51.2. The quantitative estimate of drug-likeness (QED) is 0.593. The minimum absolute atomic E-state index is 0.190. The van der Waals surface area contributed by atoms with Gasteiger partial charge in [0.1, 0.15) is 23.0 Å². The Bertz CT molecular complexity index is 918. The first-order valence-electron chi connectivity index (χ1n) is 8.32. The first-order valence-corrected chi connectivity index (χ1v) is 9.72. The van der Waals surface area contributed by atoms with Crippen LogP contribution in [-0.2, 0) is 16.6 Å². The van der Waals surface area contributed by atoms with Gasteiger partial charge >= 0.3 is 10.2 Å². The van der Waals surface area contributed by atoms with Gasteiger partial charge in [-0.25, -0.2) is 0 Å². The third kappa shape index (κ3) is 4.66. The second-order valence-corrected chi connectivity index (χ2v) is 7.27. The average molecular weight is 408 g/mol. The van der Waals surface area contributed by atoms with E-state index in [-0.39, 0.29) is 6.42 Å². The lowest BCUT2D eigenvalue weighted by molar-refractivity contribution is 0.370. The van der Waals surface area contributed by atoms with Crippen molar-refractivity contribution in [2.75, 3.05) is 39.8 Å². The van der Waals surface area contributed by atoms with Crippen LogP contribution in [0.5, 0.6) is 23.0 Å². The third-order valence-corrected chi connectivity index (χ3v) is 5.40. The van der Waals surface area contributed by atoms with E-state index in [0.29, 0.717) is 34.2 Å². The smallest absolute Gasteiger partial charge is 0.344 e. The van der Waals surface area contributed by atoms with E-state index in [1.165, 1.54) is 41.7 Å². The summed E-state index contributed by atoms with van der Waals surface area (Å²) in [6.45, 7) is 0. The van der Waals surface area contributed by atoms with Gasteiger partial charge in [-0.05, 0) is 12.1 Å². The van der Waals surface area contributed by atoms with Crippen LogP contribution in [0.1, 0.15) is 5.56 Å². The van der Waals surface area contributed by atoms with Crippen molar-refractivity contribution in [3.8, 4) is 23.0 Å². The molecule has 0 aliphatic rings. The van der Waals surface area contributed by atoms with Gasteiger partial charge in [0.05, 0.1) is 34.1 Å². The molecular weight excluding hydrogens is 384 g/mol. The molecule has 9 heteroatoms. The van der Waals surface area contributed by atoms with Crippen molar-refractivity contribution in [3.05, 3.63) is 42.0 Å². The van der Waals surface area contributed by atoms with Gasteiger partial charge in [0.2, 0.25) is 0 Å². The molecule has 8 nitrogen and oxygen atoms in total. The molecule has 0 aliphatic heterocycles. The number of anilines is 1. The van der Waals surface area contributed by atoms with Gasteiger partial charge in [-0.2, -0.15) is 12.8 Å². The molecule has 28 heavy (non-hydrogen) atoms. The van der Waals surface area contributed by atoms with Crippen molar-refractivity contribution < 1.29 is 27.4 Å². The maximum Gasteiger partial charge on any atom is 0.344 e.